The maximum absolute atomic E-state index is 12.7. The second kappa shape index (κ2) is 13.5. The van der Waals surface area contributed by atoms with Crippen molar-refractivity contribution in [3.63, 3.8) is 0 Å². The molecule has 1 fully saturated rings. The zero-order valence-electron chi connectivity index (χ0n) is 22.1. The molecule has 1 aliphatic rings. The minimum atomic E-state index is -1.38. The van der Waals surface area contributed by atoms with Gasteiger partial charge in [-0.3, -0.25) is 0 Å². The maximum Gasteiger partial charge on any atom is 0.227 e. The Morgan fingerprint density at radius 3 is 2.68 bits per heavy atom. The molecular formula is C27H36N6O4S. The van der Waals surface area contributed by atoms with Gasteiger partial charge in [0.15, 0.2) is 0 Å². The highest BCUT2D eigenvalue weighted by molar-refractivity contribution is 7.83. The molecule has 2 heterocycles. The summed E-state index contributed by atoms with van der Waals surface area (Å²) in [5, 5.41) is 3.20. The lowest BCUT2D eigenvalue weighted by Gasteiger charge is -2.24. The number of nitrogens with zero attached hydrogens (tertiary/aromatic N) is 3. The molecule has 4 N–H and O–H groups in total. The quantitative estimate of drug-likeness (QED) is 0.233. The highest BCUT2D eigenvalue weighted by Crippen LogP contribution is 2.31. The highest BCUT2D eigenvalue weighted by Gasteiger charge is 2.17. The van der Waals surface area contributed by atoms with Crippen LogP contribution in [0.3, 0.4) is 0 Å². The van der Waals surface area contributed by atoms with E-state index in [4.69, 9.17) is 19.9 Å². The number of ether oxygens (including phenoxy) is 3. The molecule has 3 aromatic rings. The van der Waals surface area contributed by atoms with Gasteiger partial charge in [0, 0.05) is 42.9 Å². The van der Waals surface area contributed by atoms with Crippen LogP contribution >= 0.6 is 0 Å². The van der Waals surface area contributed by atoms with E-state index in [0.717, 1.165) is 37.1 Å². The number of anilines is 3. The summed E-state index contributed by atoms with van der Waals surface area (Å²) in [4.78, 5) is 11.7. The number of nitrogens with one attached hydrogen (secondary N) is 2. The summed E-state index contributed by atoms with van der Waals surface area (Å²) in [5.41, 5.74) is 9.15. The fourth-order valence-corrected chi connectivity index (χ4v) is 5.04. The number of methoxy groups -OCH3 is 1. The van der Waals surface area contributed by atoms with E-state index in [1.807, 2.05) is 44.4 Å². The number of hydrogen-bond acceptors (Lipinski definition) is 9. The number of nitrogen functional groups attached to an aromatic ring is 1. The fourth-order valence-electron chi connectivity index (χ4n) is 4.03. The monoisotopic (exact) mass is 540 g/mol. The van der Waals surface area contributed by atoms with Crippen molar-refractivity contribution < 1.29 is 18.4 Å². The first-order valence-electron chi connectivity index (χ1n) is 12.7. The van der Waals surface area contributed by atoms with Gasteiger partial charge < -0.3 is 30.2 Å². The molecule has 0 radical (unpaired) electrons. The Kier molecular flexibility index (Phi) is 9.88. The van der Waals surface area contributed by atoms with Crippen LogP contribution in [0.15, 0.2) is 53.6 Å². The zero-order valence-corrected chi connectivity index (χ0v) is 22.9. The molecule has 1 atom stereocenters. The lowest BCUT2D eigenvalue weighted by molar-refractivity contribution is 0.0259. The topological polar surface area (TPSA) is 124 Å². The molecule has 0 saturated carbocycles. The standard InChI is InChI=1S/C27H36N6O4S/c1-33(2)14-4-12-30-38(34)26-8-6-20(18-25(26)35-3)31-27-29-13-9-23(32-27)19-5-7-24(22(28)17-19)37-21-10-15-36-16-11-21/h5-9,13,17-18,21,30H,4,10-12,14-16,28H2,1-3H3,(H,29,31,32). The number of aromatic nitrogens is 2. The zero-order chi connectivity index (χ0) is 26.9. The first-order valence-corrected chi connectivity index (χ1v) is 13.8. The Morgan fingerprint density at radius 2 is 1.95 bits per heavy atom. The van der Waals surface area contributed by atoms with Crippen LogP contribution < -0.4 is 25.2 Å². The average Bonchev–Trinajstić information content (AvgIpc) is 2.92. The molecule has 1 aromatic heterocycles. The number of rotatable bonds is 12. The smallest absolute Gasteiger partial charge is 0.227 e. The summed E-state index contributed by atoms with van der Waals surface area (Å²) < 4.78 is 32.8. The molecule has 1 saturated heterocycles. The molecule has 0 spiro atoms. The molecule has 4 rings (SSSR count). The van der Waals surface area contributed by atoms with E-state index in [9.17, 15) is 4.21 Å². The molecule has 10 nitrogen and oxygen atoms in total. The van der Waals surface area contributed by atoms with Crippen LogP contribution in [-0.4, -0.2) is 72.7 Å². The van der Waals surface area contributed by atoms with Gasteiger partial charge in [-0.2, -0.15) is 0 Å². The molecule has 2 aromatic carbocycles. The third kappa shape index (κ3) is 7.64. The predicted octanol–water partition coefficient (Wildman–Crippen LogP) is 3.60. The van der Waals surface area contributed by atoms with E-state index in [0.29, 0.717) is 53.5 Å². The highest BCUT2D eigenvalue weighted by atomic mass is 32.2. The van der Waals surface area contributed by atoms with Gasteiger partial charge >= 0.3 is 0 Å². The van der Waals surface area contributed by atoms with Crippen molar-refractivity contribution in [3.05, 3.63) is 48.7 Å². The molecular weight excluding hydrogens is 504 g/mol. The van der Waals surface area contributed by atoms with Crippen molar-refractivity contribution >= 4 is 28.3 Å². The summed E-state index contributed by atoms with van der Waals surface area (Å²) in [6, 6.07) is 12.9. The van der Waals surface area contributed by atoms with Crippen LogP contribution in [0.1, 0.15) is 19.3 Å². The first kappa shape index (κ1) is 27.8. The van der Waals surface area contributed by atoms with E-state index in [2.05, 4.69) is 24.9 Å². The van der Waals surface area contributed by atoms with E-state index in [-0.39, 0.29) is 6.10 Å². The first-order chi connectivity index (χ1) is 18.4. The third-order valence-corrected chi connectivity index (χ3v) is 7.26. The van der Waals surface area contributed by atoms with E-state index in [1.54, 1.807) is 25.4 Å². The largest absolute Gasteiger partial charge is 0.495 e. The number of nitrogens with two attached hydrogens (primary N) is 1. The second-order valence-electron chi connectivity index (χ2n) is 9.26. The molecule has 0 bridgehead atoms. The Labute approximate surface area is 226 Å². The van der Waals surface area contributed by atoms with Gasteiger partial charge in [-0.1, -0.05) is 0 Å². The van der Waals surface area contributed by atoms with Crippen molar-refractivity contribution in [1.82, 2.24) is 19.6 Å². The normalized spacial score (nSPS) is 14.8. The SMILES string of the molecule is COc1cc(Nc2nccc(-c3ccc(OC4CCOCC4)c(N)c3)n2)ccc1S(=O)NCCCN(C)C. The third-order valence-electron chi connectivity index (χ3n) is 6.06. The van der Waals surface area contributed by atoms with Crippen LogP contribution in [0, 0.1) is 0 Å². The van der Waals surface area contributed by atoms with Crippen molar-refractivity contribution in [2.24, 2.45) is 0 Å². The molecule has 0 aliphatic carbocycles. The van der Waals surface area contributed by atoms with Gasteiger partial charge in [-0.25, -0.2) is 18.9 Å². The van der Waals surface area contributed by atoms with E-state index < -0.39 is 11.0 Å². The lowest BCUT2D eigenvalue weighted by Crippen LogP contribution is -2.26. The summed E-state index contributed by atoms with van der Waals surface area (Å²) >= 11 is 0. The Morgan fingerprint density at radius 1 is 1.13 bits per heavy atom. The summed E-state index contributed by atoms with van der Waals surface area (Å²) in [6.45, 7) is 2.98. The molecule has 11 heteroatoms. The average molecular weight is 541 g/mol. The molecule has 0 amide bonds. The predicted molar refractivity (Wildman–Crippen MR) is 150 cm³/mol. The van der Waals surface area contributed by atoms with Gasteiger partial charge in [-0.15, -0.1) is 0 Å². The summed E-state index contributed by atoms with van der Waals surface area (Å²) in [5.74, 6) is 1.60. The molecule has 1 aliphatic heterocycles. The Balaban J connectivity index is 1.42. The van der Waals surface area contributed by atoms with Crippen molar-refractivity contribution in [2.75, 3.05) is 58.6 Å². The van der Waals surface area contributed by atoms with Crippen LogP contribution in [0.4, 0.5) is 17.3 Å². The van der Waals surface area contributed by atoms with Crippen LogP contribution in [0.2, 0.25) is 0 Å². The van der Waals surface area contributed by atoms with Gasteiger partial charge in [-0.05, 0) is 63.5 Å². The van der Waals surface area contributed by atoms with Gasteiger partial charge in [0.2, 0.25) is 5.95 Å². The molecule has 1 unspecified atom stereocenters. The fraction of sp³-hybridized carbons (Fsp3) is 0.407. The Hall–Kier alpha value is -3.25. The van der Waals surface area contributed by atoms with Gasteiger partial charge in [0.25, 0.3) is 0 Å². The van der Waals surface area contributed by atoms with Crippen LogP contribution in [-0.2, 0) is 15.7 Å². The van der Waals surface area contributed by atoms with Crippen LogP contribution in [0.25, 0.3) is 11.3 Å². The molecule has 38 heavy (non-hydrogen) atoms. The summed E-state index contributed by atoms with van der Waals surface area (Å²) in [6.07, 6.45) is 4.41. The summed E-state index contributed by atoms with van der Waals surface area (Å²) in [7, 11) is 4.21. The minimum absolute atomic E-state index is 0.117. The number of benzene rings is 2. The maximum atomic E-state index is 12.7. The number of hydrogen-bond donors (Lipinski definition) is 3. The van der Waals surface area contributed by atoms with Crippen molar-refractivity contribution in [1.29, 1.82) is 0 Å². The van der Waals surface area contributed by atoms with Gasteiger partial charge in [0.05, 0.1) is 36.6 Å². The minimum Gasteiger partial charge on any atom is -0.495 e. The van der Waals surface area contributed by atoms with Gasteiger partial charge in [0.1, 0.15) is 28.6 Å². The van der Waals surface area contributed by atoms with Crippen LogP contribution in [0.5, 0.6) is 11.5 Å². The van der Waals surface area contributed by atoms with E-state index in [1.165, 1.54) is 0 Å². The lowest BCUT2D eigenvalue weighted by atomic mass is 10.1. The molecule has 204 valence electrons. The van der Waals surface area contributed by atoms with Crippen molar-refractivity contribution in [2.45, 2.75) is 30.3 Å². The van der Waals surface area contributed by atoms with Crippen molar-refractivity contribution in [3.8, 4) is 22.8 Å². The Bertz CT molecular complexity index is 1240. The van der Waals surface area contributed by atoms with E-state index >= 15 is 0 Å². The second-order valence-corrected chi connectivity index (χ2v) is 10.5.